The fourth-order valence-electron chi connectivity index (χ4n) is 0.791. The van der Waals surface area contributed by atoms with Gasteiger partial charge in [0.15, 0.2) is 0 Å². The summed E-state index contributed by atoms with van der Waals surface area (Å²) in [6.45, 7) is 11.8. The average molecular weight is 156 g/mol. The molecule has 0 amide bonds. The lowest BCUT2D eigenvalue weighted by Crippen LogP contribution is -2.42. The summed E-state index contributed by atoms with van der Waals surface area (Å²) in [5.74, 6) is 0. The summed E-state index contributed by atoms with van der Waals surface area (Å²) < 4.78 is 0. The molecule has 0 saturated carbocycles. The zero-order valence-corrected chi connectivity index (χ0v) is 7.59. The minimum Gasteiger partial charge on any atom is -0.392 e. The molecule has 0 aromatic heterocycles. The van der Waals surface area contributed by atoms with Crippen LogP contribution in [0.5, 0.6) is 0 Å². The van der Waals surface area contributed by atoms with E-state index in [1.54, 1.807) is 13.0 Å². The van der Waals surface area contributed by atoms with E-state index in [2.05, 4.69) is 19.2 Å². The molecule has 0 aromatic carbocycles. The first-order valence-corrected chi connectivity index (χ1v) is 3.94. The monoisotopic (exact) mass is 156 g/mol. The van der Waals surface area contributed by atoms with Crippen molar-refractivity contribution in [2.45, 2.75) is 38.8 Å². The predicted molar refractivity (Wildman–Crippen MR) is 47.2 cm³/mol. The van der Waals surface area contributed by atoms with Crippen LogP contribution in [0.4, 0.5) is 0 Å². The van der Waals surface area contributed by atoms with Gasteiger partial charge in [0.2, 0.25) is 0 Å². The van der Waals surface area contributed by atoms with Gasteiger partial charge in [-0.1, -0.05) is 12.7 Å². The number of rotatable bonds is 5. The largest absolute Gasteiger partial charge is 0.392 e. The van der Waals surface area contributed by atoms with Gasteiger partial charge in [-0.15, -0.1) is 0 Å². The molecule has 1 radical (unpaired) electrons. The molecule has 11 heavy (non-hydrogen) atoms. The molecule has 0 unspecified atom stereocenters. The number of nitrogens with one attached hydrogen (secondary N) is 1. The quantitative estimate of drug-likeness (QED) is 0.625. The van der Waals surface area contributed by atoms with Crippen LogP contribution < -0.4 is 5.32 Å². The van der Waals surface area contributed by atoms with Gasteiger partial charge in [0.05, 0.1) is 6.10 Å². The molecule has 2 N–H and O–H groups in total. The molecule has 0 saturated heterocycles. The minimum absolute atomic E-state index is 0.00819. The second-order valence-corrected chi connectivity index (χ2v) is 3.55. The summed E-state index contributed by atoms with van der Waals surface area (Å²) in [5.41, 5.74) is -0.00819. The van der Waals surface area contributed by atoms with E-state index in [1.165, 1.54) is 0 Å². The third-order valence-corrected chi connectivity index (χ3v) is 1.50. The number of β-amino-alcohol motifs (C(OH)–C–C–N with tert-alkyl or cyclic N) is 1. The Kier molecular flexibility index (Phi) is 4.38. The Hall–Kier alpha value is -0.340. The van der Waals surface area contributed by atoms with Crippen molar-refractivity contribution < 1.29 is 5.11 Å². The van der Waals surface area contributed by atoms with Crippen LogP contribution in [-0.2, 0) is 0 Å². The Labute approximate surface area is 69.3 Å². The van der Waals surface area contributed by atoms with Gasteiger partial charge < -0.3 is 10.4 Å². The van der Waals surface area contributed by atoms with Crippen LogP contribution >= 0.6 is 0 Å². The molecule has 0 aliphatic heterocycles. The first kappa shape index (κ1) is 10.7. The number of aliphatic hydroxyl groups is 1. The third kappa shape index (κ3) is 6.07. The molecule has 0 aromatic rings. The van der Waals surface area contributed by atoms with Gasteiger partial charge >= 0.3 is 0 Å². The lowest BCUT2D eigenvalue weighted by molar-refractivity contribution is 0.176. The fraction of sp³-hybridized carbons (Fsp3) is 0.778. The standard InChI is InChI=1S/C9H18NO/c1-5-6-9(3,4)10-7-8(2)11/h1,5,8,10-11H,6-7H2,2-4H3/t8-/m1/s1. The second-order valence-electron chi connectivity index (χ2n) is 3.55. The van der Waals surface area contributed by atoms with Gasteiger partial charge in [0, 0.05) is 12.1 Å². The third-order valence-electron chi connectivity index (χ3n) is 1.50. The highest BCUT2D eigenvalue weighted by molar-refractivity contribution is 4.85. The highest BCUT2D eigenvalue weighted by atomic mass is 16.3. The Bertz CT molecular complexity index is 119. The Morgan fingerprint density at radius 3 is 2.55 bits per heavy atom. The summed E-state index contributed by atoms with van der Waals surface area (Å²) >= 11 is 0. The van der Waals surface area contributed by atoms with Crippen LogP contribution in [0.25, 0.3) is 0 Å². The molecule has 0 heterocycles. The Morgan fingerprint density at radius 2 is 2.18 bits per heavy atom. The SMILES string of the molecule is [CH]=CCC(C)(C)NC[C@@H](C)O. The van der Waals surface area contributed by atoms with Crippen LogP contribution in [0, 0.1) is 6.58 Å². The smallest absolute Gasteiger partial charge is 0.0636 e. The zero-order chi connectivity index (χ0) is 8.91. The first-order valence-electron chi connectivity index (χ1n) is 3.94. The van der Waals surface area contributed by atoms with E-state index in [-0.39, 0.29) is 11.6 Å². The molecule has 0 aliphatic rings. The second kappa shape index (κ2) is 4.52. The molecule has 2 nitrogen and oxygen atoms in total. The summed E-state index contributed by atoms with van der Waals surface area (Å²) in [6, 6.07) is 0. The minimum atomic E-state index is -0.299. The number of aliphatic hydroxyl groups excluding tert-OH is 1. The van der Waals surface area contributed by atoms with Crippen molar-refractivity contribution in [3.05, 3.63) is 12.7 Å². The summed E-state index contributed by atoms with van der Waals surface area (Å²) in [6.07, 6.45) is 2.14. The maximum Gasteiger partial charge on any atom is 0.0636 e. The van der Waals surface area contributed by atoms with E-state index >= 15 is 0 Å². The zero-order valence-electron chi connectivity index (χ0n) is 7.59. The van der Waals surface area contributed by atoms with Gasteiger partial charge in [-0.2, -0.15) is 0 Å². The Morgan fingerprint density at radius 1 is 1.64 bits per heavy atom. The maximum atomic E-state index is 8.98. The molecule has 65 valence electrons. The first-order chi connectivity index (χ1) is 4.98. The van der Waals surface area contributed by atoms with Crippen molar-refractivity contribution in [3.63, 3.8) is 0 Å². The van der Waals surface area contributed by atoms with Crippen molar-refractivity contribution in [2.24, 2.45) is 0 Å². The van der Waals surface area contributed by atoms with Crippen LogP contribution in [0.2, 0.25) is 0 Å². The van der Waals surface area contributed by atoms with E-state index < -0.39 is 0 Å². The molecular formula is C9H18NO. The summed E-state index contributed by atoms with van der Waals surface area (Å²) in [4.78, 5) is 0. The van der Waals surface area contributed by atoms with Crippen molar-refractivity contribution in [1.29, 1.82) is 0 Å². The van der Waals surface area contributed by atoms with Crippen molar-refractivity contribution in [2.75, 3.05) is 6.54 Å². The van der Waals surface area contributed by atoms with E-state index in [9.17, 15) is 0 Å². The van der Waals surface area contributed by atoms with Crippen molar-refractivity contribution >= 4 is 0 Å². The molecule has 0 fully saturated rings. The molecule has 1 atom stereocenters. The lowest BCUT2D eigenvalue weighted by atomic mass is 10.0. The summed E-state index contributed by atoms with van der Waals surface area (Å²) in [7, 11) is 0. The molecule has 0 spiro atoms. The maximum absolute atomic E-state index is 8.98. The molecule has 2 heteroatoms. The van der Waals surface area contributed by atoms with E-state index in [4.69, 9.17) is 11.7 Å². The average Bonchev–Trinajstić information content (AvgIpc) is 1.84. The van der Waals surface area contributed by atoms with Crippen molar-refractivity contribution in [1.82, 2.24) is 5.32 Å². The van der Waals surface area contributed by atoms with Gasteiger partial charge in [-0.25, -0.2) is 0 Å². The fourth-order valence-corrected chi connectivity index (χ4v) is 0.791. The molecule has 0 bridgehead atoms. The van der Waals surface area contributed by atoms with E-state index in [0.717, 1.165) is 6.42 Å². The van der Waals surface area contributed by atoms with Gasteiger partial charge in [-0.3, -0.25) is 0 Å². The highest BCUT2D eigenvalue weighted by Crippen LogP contribution is 2.07. The number of hydrogen-bond acceptors (Lipinski definition) is 2. The van der Waals surface area contributed by atoms with Crippen LogP contribution in [0.15, 0.2) is 6.08 Å². The predicted octanol–water partition coefficient (Wildman–Crippen LogP) is 1.11. The number of hydrogen-bond donors (Lipinski definition) is 2. The normalized spacial score (nSPS) is 14.5. The van der Waals surface area contributed by atoms with Gasteiger partial charge in [0.1, 0.15) is 0 Å². The van der Waals surface area contributed by atoms with Gasteiger partial charge in [0.25, 0.3) is 0 Å². The van der Waals surface area contributed by atoms with Crippen molar-refractivity contribution in [3.8, 4) is 0 Å². The summed E-state index contributed by atoms with van der Waals surface area (Å²) in [5, 5.41) is 12.2. The van der Waals surface area contributed by atoms with E-state index in [1.807, 2.05) is 0 Å². The van der Waals surface area contributed by atoms with E-state index in [0.29, 0.717) is 6.54 Å². The lowest BCUT2D eigenvalue weighted by Gasteiger charge is -2.25. The molecule has 0 rings (SSSR count). The molecular weight excluding hydrogens is 138 g/mol. The topological polar surface area (TPSA) is 32.3 Å². The molecule has 0 aliphatic carbocycles. The van der Waals surface area contributed by atoms with Crippen LogP contribution in [0.3, 0.4) is 0 Å². The van der Waals surface area contributed by atoms with Gasteiger partial charge in [-0.05, 0) is 27.2 Å². The van der Waals surface area contributed by atoms with Crippen LogP contribution in [-0.4, -0.2) is 23.3 Å². The Balaban J connectivity index is 3.62. The highest BCUT2D eigenvalue weighted by Gasteiger charge is 2.14. The van der Waals surface area contributed by atoms with Crippen LogP contribution in [0.1, 0.15) is 27.2 Å².